The smallest absolute Gasteiger partial charge is 0.285 e. The summed E-state index contributed by atoms with van der Waals surface area (Å²) >= 11 is 3.49. The van der Waals surface area contributed by atoms with Crippen LogP contribution >= 0.6 is 15.9 Å². The van der Waals surface area contributed by atoms with Crippen LogP contribution in [0.2, 0.25) is 0 Å². The Morgan fingerprint density at radius 2 is 2.13 bits per heavy atom. The summed E-state index contributed by atoms with van der Waals surface area (Å²) in [7, 11) is 1.71. The second-order valence-corrected chi connectivity index (χ2v) is 5.57. The molecule has 1 unspecified atom stereocenters. The molecule has 0 saturated carbocycles. The van der Waals surface area contributed by atoms with Crippen molar-refractivity contribution < 1.29 is 0 Å². The number of aromatic nitrogens is 3. The normalized spacial score (nSPS) is 14.2. The Hall–Kier alpha value is -0.580. The number of alkyl halides is 1. The minimum Gasteiger partial charge on any atom is -0.285 e. The van der Waals surface area contributed by atoms with E-state index in [1.165, 1.54) is 9.25 Å². The summed E-state index contributed by atoms with van der Waals surface area (Å²) in [5, 5.41) is 4.94. The van der Waals surface area contributed by atoms with Gasteiger partial charge in [-0.25, -0.2) is 9.48 Å². The molecule has 0 fully saturated rings. The summed E-state index contributed by atoms with van der Waals surface area (Å²) in [4.78, 5) is 11.6. The largest absolute Gasteiger partial charge is 0.345 e. The maximum Gasteiger partial charge on any atom is 0.345 e. The molecule has 0 amide bonds. The summed E-state index contributed by atoms with van der Waals surface area (Å²) in [5.74, 6) is 0.394. The second-order valence-electron chi connectivity index (χ2n) is 4.92. The van der Waals surface area contributed by atoms with E-state index >= 15 is 0 Å². The van der Waals surface area contributed by atoms with E-state index < -0.39 is 0 Å². The van der Waals surface area contributed by atoms with Gasteiger partial charge in [0.2, 0.25) is 0 Å². The van der Waals surface area contributed by atoms with Crippen LogP contribution in [0.1, 0.15) is 20.8 Å². The van der Waals surface area contributed by atoms with Crippen molar-refractivity contribution in [1.82, 2.24) is 14.3 Å². The van der Waals surface area contributed by atoms with Crippen LogP contribution in [0, 0.1) is 11.3 Å². The lowest BCUT2D eigenvalue weighted by molar-refractivity contribution is 0.229. The second kappa shape index (κ2) is 4.51. The molecule has 0 bridgehead atoms. The molecule has 0 radical (unpaired) electrons. The maximum absolute atomic E-state index is 11.6. The van der Waals surface area contributed by atoms with Crippen LogP contribution in [-0.2, 0) is 13.6 Å². The molecule has 1 rings (SSSR count). The molecule has 0 aliphatic rings. The van der Waals surface area contributed by atoms with Crippen molar-refractivity contribution in [3.63, 3.8) is 0 Å². The summed E-state index contributed by atoms with van der Waals surface area (Å²) in [6.07, 6.45) is 1.55. The van der Waals surface area contributed by atoms with Crippen LogP contribution in [0.15, 0.2) is 11.1 Å². The van der Waals surface area contributed by atoms with Crippen molar-refractivity contribution in [3.8, 4) is 0 Å². The highest BCUT2D eigenvalue weighted by atomic mass is 79.9. The van der Waals surface area contributed by atoms with Gasteiger partial charge in [-0.3, -0.25) is 4.57 Å². The fraction of sp³-hybridized carbons (Fsp3) is 0.800. The summed E-state index contributed by atoms with van der Waals surface area (Å²) in [5.41, 5.74) is 0.116. The topological polar surface area (TPSA) is 39.8 Å². The van der Waals surface area contributed by atoms with E-state index in [4.69, 9.17) is 0 Å². The van der Waals surface area contributed by atoms with Crippen molar-refractivity contribution in [1.29, 1.82) is 0 Å². The molecule has 1 aromatic heterocycles. The van der Waals surface area contributed by atoms with Crippen LogP contribution < -0.4 is 5.69 Å². The zero-order valence-electron chi connectivity index (χ0n) is 9.70. The quantitative estimate of drug-likeness (QED) is 0.787. The van der Waals surface area contributed by atoms with Gasteiger partial charge in [0.05, 0.1) is 6.54 Å². The minimum absolute atomic E-state index is 0.0507. The van der Waals surface area contributed by atoms with Crippen molar-refractivity contribution in [2.24, 2.45) is 18.4 Å². The molecule has 0 spiro atoms. The molecule has 1 heterocycles. The highest BCUT2D eigenvalue weighted by molar-refractivity contribution is 9.09. The molecule has 0 aromatic carbocycles. The van der Waals surface area contributed by atoms with Crippen LogP contribution in [0.4, 0.5) is 0 Å². The molecule has 86 valence electrons. The number of aryl methyl sites for hydroxylation is 1. The first-order valence-electron chi connectivity index (χ1n) is 5.00. The number of nitrogens with zero attached hydrogens (tertiary/aromatic N) is 3. The Morgan fingerprint density at radius 1 is 1.53 bits per heavy atom. The van der Waals surface area contributed by atoms with Crippen molar-refractivity contribution in [2.45, 2.75) is 27.3 Å². The molecule has 4 nitrogen and oxygen atoms in total. The van der Waals surface area contributed by atoms with Gasteiger partial charge in [0.25, 0.3) is 0 Å². The van der Waals surface area contributed by atoms with Crippen LogP contribution in [0.3, 0.4) is 0 Å². The first-order chi connectivity index (χ1) is 6.86. The molecule has 0 N–H and O–H groups in total. The standard InChI is InChI=1S/C10H18BrN3O/c1-10(2,3)8(5-11)6-14-9(15)13(4)7-12-14/h7-8H,5-6H2,1-4H3. The third-order valence-electron chi connectivity index (χ3n) is 2.69. The number of hydrogen-bond donors (Lipinski definition) is 0. The van der Waals surface area contributed by atoms with Gasteiger partial charge in [-0.05, 0) is 11.3 Å². The van der Waals surface area contributed by atoms with E-state index in [0.717, 1.165) is 5.33 Å². The lowest BCUT2D eigenvalue weighted by atomic mass is 9.82. The minimum atomic E-state index is -0.0507. The highest BCUT2D eigenvalue weighted by Gasteiger charge is 2.24. The molecule has 0 aliphatic carbocycles. The molecule has 1 atom stereocenters. The molecule has 5 heteroatoms. The van der Waals surface area contributed by atoms with Crippen molar-refractivity contribution >= 4 is 15.9 Å². The number of hydrogen-bond acceptors (Lipinski definition) is 2. The Labute approximate surface area is 98.4 Å². The summed E-state index contributed by atoms with van der Waals surface area (Å²) in [6, 6.07) is 0. The van der Waals surface area contributed by atoms with E-state index in [1.54, 1.807) is 13.4 Å². The Bertz CT molecular complexity index is 375. The van der Waals surface area contributed by atoms with Gasteiger partial charge in [-0.15, -0.1) is 0 Å². The summed E-state index contributed by atoms with van der Waals surface area (Å²) < 4.78 is 3.02. The van der Waals surface area contributed by atoms with E-state index in [-0.39, 0.29) is 11.1 Å². The van der Waals surface area contributed by atoms with Gasteiger partial charge < -0.3 is 0 Å². The van der Waals surface area contributed by atoms with E-state index in [0.29, 0.717) is 12.5 Å². The third-order valence-corrected chi connectivity index (χ3v) is 3.47. The van der Waals surface area contributed by atoms with E-state index in [9.17, 15) is 4.79 Å². The number of halogens is 1. The Balaban J connectivity index is 2.85. The van der Waals surface area contributed by atoms with Crippen molar-refractivity contribution in [2.75, 3.05) is 5.33 Å². The molecule has 0 saturated heterocycles. The van der Waals surface area contributed by atoms with Gasteiger partial charge in [-0.1, -0.05) is 36.7 Å². The lowest BCUT2D eigenvalue weighted by Gasteiger charge is -2.28. The van der Waals surface area contributed by atoms with E-state index in [1.807, 2.05) is 0 Å². The van der Waals surface area contributed by atoms with Crippen LogP contribution in [0.25, 0.3) is 0 Å². The molecule has 0 aliphatic heterocycles. The monoisotopic (exact) mass is 275 g/mol. The average Bonchev–Trinajstić information content (AvgIpc) is 2.43. The average molecular weight is 276 g/mol. The Morgan fingerprint density at radius 3 is 2.47 bits per heavy atom. The zero-order valence-corrected chi connectivity index (χ0v) is 11.3. The predicted molar refractivity (Wildman–Crippen MR) is 64.2 cm³/mol. The van der Waals surface area contributed by atoms with Gasteiger partial charge in [0, 0.05) is 12.4 Å². The van der Waals surface area contributed by atoms with Gasteiger partial charge in [-0.2, -0.15) is 5.10 Å². The first kappa shape index (κ1) is 12.5. The maximum atomic E-state index is 11.6. The van der Waals surface area contributed by atoms with Crippen LogP contribution in [0.5, 0.6) is 0 Å². The fourth-order valence-corrected chi connectivity index (χ4v) is 2.48. The zero-order chi connectivity index (χ0) is 11.6. The molecular formula is C10H18BrN3O. The van der Waals surface area contributed by atoms with Gasteiger partial charge >= 0.3 is 5.69 Å². The Kier molecular flexibility index (Phi) is 3.76. The molecule has 1 aromatic rings. The molecule has 15 heavy (non-hydrogen) atoms. The van der Waals surface area contributed by atoms with Gasteiger partial charge in [0.15, 0.2) is 0 Å². The van der Waals surface area contributed by atoms with E-state index in [2.05, 4.69) is 41.8 Å². The summed E-state index contributed by atoms with van der Waals surface area (Å²) in [6.45, 7) is 7.18. The first-order valence-corrected chi connectivity index (χ1v) is 6.13. The fourth-order valence-electron chi connectivity index (χ4n) is 1.31. The predicted octanol–water partition coefficient (Wildman–Crippen LogP) is 1.64. The highest BCUT2D eigenvalue weighted by Crippen LogP contribution is 2.28. The SMILES string of the molecule is Cn1cnn(CC(CBr)C(C)(C)C)c1=O. The van der Waals surface area contributed by atoms with Crippen molar-refractivity contribution in [3.05, 3.63) is 16.8 Å². The lowest BCUT2D eigenvalue weighted by Crippen LogP contribution is -2.32. The molecular weight excluding hydrogens is 258 g/mol. The number of rotatable bonds is 3. The third kappa shape index (κ3) is 2.93. The van der Waals surface area contributed by atoms with Crippen LogP contribution in [-0.4, -0.2) is 19.7 Å². The van der Waals surface area contributed by atoms with Gasteiger partial charge in [0.1, 0.15) is 6.33 Å².